The third-order valence-corrected chi connectivity index (χ3v) is 11.6. The van der Waals surface area contributed by atoms with Crippen molar-refractivity contribution >= 4 is 45.4 Å². The molecule has 8 rings (SSSR count). The molecule has 2 aliphatic heterocycles. The highest BCUT2D eigenvalue weighted by Crippen LogP contribution is 2.28. The third kappa shape index (κ3) is 9.87. The number of halogens is 2. The highest BCUT2D eigenvalue weighted by molar-refractivity contribution is 6.08. The smallest absolute Gasteiger partial charge is 0.253 e. The average molecular weight is 847 g/mol. The Labute approximate surface area is 359 Å². The van der Waals surface area contributed by atoms with E-state index in [1.54, 1.807) is 62.9 Å². The average Bonchev–Trinajstić information content (AvgIpc) is 3.84. The Balaban J connectivity index is 0.000000186. The molecule has 6 aromatic rings. The lowest BCUT2D eigenvalue weighted by molar-refractivity contribution is 0.0136. The number of ether oxygens (including phenoxy) is 2. The summed E-state index contributed by atoms with van der Waals surface area (Å²) in [6.45, 7) is 6.75. The number of benzene rings is 4. The van der Waals surface area contributed by atoms with Crippen molar-refractivity contribution < 1.29 is 37.4 Å². The predicted octanol–water partition coefficient (Wildman–Crippen LogP) is 6.83. The van der Waals surface area contributed by atoms with Crippen LogP contribution in [-0.4, -0.2) is 84.9 Å². The molecule has 2 aromatic heterocycles. The number of rotatable bonds is 10. The van der Waals surface area contributed by atoms with Crippen molar-refractivity contribution in [3.63, 3.8) is 0 Å². The Bertz CT molecular complexity index is 2570. The molecule has 4 aromatic carbocycles. The fourth-order valence-corrected chi connectivity index (χ4v) is 8.16. The standard InChI is InChI=1S/2C24H26FN3O3/c1-15-14-31-11-10-20(15)27-24(30)18-13-28(21-5-3-4-19(25)22(18)21)12-16-6-8-17(9-7-16)23(29)26-2;1-15-12-18(10-11-31-15)27-24(30)19-14-28(21-5-3-4-20(25)22(19)21)13-16-6-8-17(9-7-16)23(29)26-2/h3-9,13,15,20H,10-12,14H2,1-2H3,(H,26,29)(H,27,30);3-9,14-15,18H,10-13H2,1-2H3,(H,26,29)(H,27,30). The first-order chi connectivity index (χ1) is 29.9. The van der Waals surface area contributed by atoms with Crippen LogP contribution < -0.4 is 21.3 Å². The molecule has 0 spiro atoms. The van der Waals surface area contributed by atoms with Gasteiger partial charge < -0.3 is 39.9 Å². The van der Waals surface area contributed by atoms with Crippen LogP contribution in [0, 0.1) is 17.6 Å². The van der Waals surface area contributed by atoms with Crippen molar-refractivity contribution in [1.82, 2.24) is 30.4 Å². The largest absolute Gasteiger partial charge is 0.381 e. The number of carbonyl (C=O) groups is 4. The first kappa shape index (κ1) is 43.7. The normalized spacial score (nSPS) is 18.7. The lowest BCUT2D eigenvalue weighted by Crippen LogP contribution is -2.44. The van der Waals surface area contributed by atoms with Crippen LogP contribution in [0.25, 0.3) is 21.8 Å². The topological polar surface area (TPSA) is 145 Å². The van der Waals surface area contributed by atoms with E-state index in [0.29, 0.717) is 77.0 Å². The van der Waals surface area contributed by atoms with Crippen LogP contribution in [0.1, 0.15) is 85.7 Å². The van der Waals surface area contributed by atoms with E-state index >= 15 is 0 Å². The fourth-order valence-electron chi connectivity index (χ4n) is 8.16. The van der Waals surface area contributed by atoms with E-state index in [-0.39, 0.29) is 47.7 Å². The van der Waals surface area contributed by atoms with Gasteiger partial charge in [-0.25, -0.2) is 8.78 Å². The lowest BCUT2D eigenvalue weighted by atomic mass is 9.97. The zero-order valence-corrected chi connectivity index (χ0v) is 35.3. The van der Waals surface area contributed by atoms with Gasteiger partial charge in [-0.1, -0.05) is 43.3 Å². The van der Waals surface area contributed by atoms with Crippen LogP contribution in [0.15, 0.2) is 97.3 Å². The molecule has 12 nitrogen and oxygen atoms in total. The minimum absolute atomic E-state index is 0.00341. The van der Waals surface area contributed by atoms with E-state index in [1.165, 1.54) is 12.1 Å². The summed E-state index contributed by atoms with van der Waals surface area (Å²) in [7, 11) is 3.18. The van der Waals surface area contributed by atoms with Crippen LogP contribution in [-0.2, 0) is 22.6 Å². The van der Waals surface area contributed by atoms with Gasteiger partial charge in [-0.3, -0.25) is 19.2 Å². The summed E-state index contributed by atoms with van der Waals surface area (Å²) in [5.41, 5.74) is 4.99. The van der Waals surface area contributed by atoms with Crippen molar-refractivity contribution in [3.05, 3.63) is 142 Å². The molecule has 0 aliphatic carbocycles. The molecular weight excluding hydrogens is 795 g/mol. The van der Waals surface area contributed by atoms with Crippen LogP contribution >= 0.6 is 0 Å². The van der Waals surface area contributed by atoms with Crippen LogP contribution in [0.3, 0.4) is 0 Å². The third-order valence-electron chi connectivity index (χ3n) is 11.6. The van der Waals surface area contributed by atoms with Crippen molar-refractivity contribution in [2.24, 2.45) is 5.92 Å². The molecule has 0 saturated carbocycles. The van der Waals surface area contributed by atoms with E-state index in [4.69, 9.17) is 9.47 Å². The van der Waals surface area contributed by atoms with E-state index in [0.717, 1.165) is 30.4 Å². The van der Waals surface area contributed by atoms with Gasteiger partial charge in [0.15, 0.2) is 0 Å². The lowest BCUT2D eigenvalue weighted by Gasteiger charge is -2.29. The summed E-state index contributed by atoms with van der Waals surface area (Å²) in [6, 6.07) is 24.1. The van der Waals surface area contributed by atoms with E-state index in [9.17, 15) is 28.0 Å². The number of nitrogens with one attached hydrogen (secondary N) is 4. The van der Waals surface area contributed by atoms with Gasteiger partial charge in [-0.05, 0) is 91.8 Å². The molecule has 4 amide bonds. The molecule has 4 unspecified atom stereocenters. The Morgan fingerprint density at radius 2 is 1.15 bits per heavy atom. The molecule has 2 aliphatic rings. The minimum Gasteiger partial charge on any atom is -0.381 e. The number of fused-ring (bicyclic) bond motifs is 2. The molecule has 4 N–H and O–H groups in total. The van der Waals surface area contributed by atoms with Gasteiger partial charge in [0.2, 0.25) is 0 Å². The maximum atomic E-state index is 14.7. The Morgan fingerprint density at radius 1 is 0.645 bits per heavy atom. The van der Waals surface area contributed by atoms with Gasteiger partial charge in [-0.15, -0.1) is 0 Å². The Morgan fingerprint density at radius 3 is 1.61 bits per heavy atom. The summed E-state index contributed by atoms with van der Waals surface area (Å²) in [6.07, 6.45) is 5.73. The summed E-state index contributed by atoms with van der Waals surface area (Å²) in [4.78, 5) is 49.6. The van der Waals surface area contributed by atoms with Crippen molar-refractivity contribution in [3.8, 4) is 0 Å². The van der Waals surface area contributed by atoms with Gasteiger partial charge in [0.25, 0.3) is 23.6 Å². The molecule has 2 fully saturated rings. The first-order valence-corrected chi connectivity index (χ1v) is 20.9. The first-order valence-electron chi connectivity index (χ1n) is 20.9. The summed E-state index contributed by atoms with van der Waals surface area (Å²) < 4.78 is 44.2. The summed E-state index contributed by atoms with van der Waals surface area (Å²) in [5, 5.41) is 11.9. The van der Waals surface area contributed by atoms with Crippen LogP contribution in [0.4, 0.5) is 8.78 Å². The van der Waals surface area contributed by atoms with Gasteiger partial charge in [-0.2, -0.15) is 0 Å². The van der Waals surface area contributed by atoms with Crippen molar-refractivity contribution in [1.29, 1.82) is 0 Å². The number of hydrogen-bond acceptors (Lipinski definition) is 6. The Hall–Kier alpha value is -6.38. The van der Waals surface area contributed by atoms with Crippen molar-refractivity contribution in [2.45, 2.75) is 64.4 Å². The second-order valence-electron chi connectivity index (χ2n) is 16.0. The quantitative estimate of drug-likeness (QED) is 0.119. The number of carbonyl (C=O) groups excluding carboxylic acids is 4. The Kier molecular flexibility index (Phi) is 13.8. The van der Waals surface area contributed by atoms with Crippen molar-refractivity contribution in [2.75, 3.05) is 33.9 Å². The molecule has 2 saturated heterocycles. The zero-order chi connectivity index (χ0) is 43.9. The van der Waals surface area contributed by atoms with Gasteiger partial charge in [0.1, 0.15) is 11.6 Å². The highest BCUT2D eigenvalue weighted by Gasteiger charge is 2.27. The number of aromatic nitrogens is 2. The molecule has 0 bridgehead atoms. The van der Waals surface area contributed by atoms with E-state index < -0.39 is 11.6 Å². The van der Waals surface area contributed by atoms with Crippen LogP contribution in [0.2, 0.25) is 0 Å². The maximum absolute atomic E-state index is 14.7. The number of amides is 4. The van der Waals surface area contributed by atoms with Crippen LogP contribution in [0.5, 0.6) is 0 Å². The minimum atomic E-state index is -0.420. The van der Waals surface area contributed by atoms with Gasteiger partial charge in [0.05, 0.1) is 34.9 Å². The molecular formula is C48H52F2N6O6. The second-order valence-corrected chi connectivity index (χ2v) is 16.0. The molecule has 4 heterocycles. The summed E-state index contributed by atoms with van der Waals surface area (Å²) >= 11 is 0. The monoisotopic (exact) mass is 846 g/mol. The number of nitrogens with zero attached hydrogens (tertiary/aromatic N) is 2. The van der Waals surface area contributed by atoms with Gasteiger partial charge in [0, 0.05) is 86.8 Å². The fraction of sp³-hybridized carbons (Fsp3) is 0.333. The maximum Gasteiger partial charge on any atom is 0.253 e. The summed E-state index contributed by atoms with van der Waals surface area (Å²) in [5.74, 6) is -1.49. The molecule has 62 heavy (non-hydrogen) atoms. The molecule has 0 radical (unpaired) electrons. The highest BCUT2D eigenvalue weighted by atomic mass is 19.1. The number of hydrogen-bond donors (Lipinski definition) is 4. The molecule has 14 heteroatoms. The van der Waals surface area contributed by atoms with E-state index in [2.05, 4.69) is 21.3 Å². The predicted molar refractivity (Wildman–Crippen MR) is 233 cm³/mol. The molecule has 324 valence electrons. The SMILES string of the molecule is CNC(=O)c1ccc(Cn2cc(C(=O)NC3CCOC(C)C3)c3c(F)cccc32)cc1.CNC(=O)c1ccc(Cn2cc(C(=O)NC3CCOCC3C)c3c(F)cccc32)cc1. The second kappa shape index (κ2) is 19.6. The van der Waals surface area contributed by atoms with E-state index in [1.807, 2.05) is 59.4 Å². The zero-order valence-electron chi connectivity index (χ0n) is 35.3. The van der Waals surface area contributed by atoms with Gasteiger partial charge >= 0.3 is 0 Å². The molecule has 4 atom stereocenters.